The lowest BCUT2D eigenvalue weighted by molar-refractivity contribution is 0.0599. The molecule has 1 aliphatic rings. The summed E-state index contributed by atoms with van der Waals surface area (Å²) < 4.78 is 1.23. The Morgan fingerprint density at radius 2 is 2.19 bits per heavy atom. The number of carbonyl (C=O) groups is 1. The van der Waals surface area contributed by atoms with Crippen molar-refractivity contribution in [2.45, 2.75) is 45.1 Å². The second-order valence-electron chi connectivity index (χ2n) is 6.93. The second kappa shape index (κ2) is 7.30. The fourth-order valence-corrected chi connectivity index (χ4v) is 3.69. The van der Waals surface area contributed by atoms with Gasteiger partial charge in [0.2, 0.25) is 0 Å². The first kappa shape index (κ1) is 17.4. The lowest BCUT2D eigenvalue weighted by Gasteiger charge is -2.35. The summed E-state index contributed by atoms with van der Waals surface area (Å²) in [7, 11) is 0. The van der Waals surface area contributed by atoms with Crippen molar-refractivity contribution in [1.82, 2.24) is 29.5 Å². The van der Waals surface area contributed by atoms with E-state index in [1.165, 1.54) is 10.7 Å². The summed E-state index contributed by atoms with van der Waals surface area (Å²) in [4.78, 5) is 40.3. The number of hydrogen-bond acceptors (Lipinski definition) is 5. The van der Waals surface area contributed by atoms with E-state index in [-0.39, 0.29) is 23.3 Å². The summed E-state index contributed by atoms with van der Waals surface area (Å²) >= 11 is 0. The molecule has 0 aromatic carbocycles. The number of likely N-dealkylation sites (tertiary alicyclic amines) is 1. The van der Waals surface area contributed by atoms with Crippen molar-refractivity contribution in [3.8, 4) is 0 Å². The number of amides is 1. The van der Waals surface area contributed by atoms with Crippen molar-refractivity contribution in [1.29, 1.82) is 0 Å². The van der Waals surface area contributed by atoms with Gasteiger partial charge >= 0.3 is 0 Å². The van der Waals surface area contributed by atoms with Crippen LogP contribution in [0.3, 0.4) is 0 Å². The number of nitrogens with zero attached hydrogens (tertiary/aromatic N) is 5. The zero-order valence-electron chi connectivity index (χ0n) is 15.3. The highest BCUT2D eigenvalue weighted by Crippen LogP contribution is 2.22. The molecule has 8 nitrogen and oxygen atoms in total. The molecule has 1 saturated heterocycles. The highest BCUT2D eigenvalue weighted by Gasteiger charge is 2.29. The number of hydrogen-bond donors (Lipinski definition) is 1. The Bertz CT molecular complexity index is 1010. The van der Waals surface area contributed by atoms with E-state index in [9.17, 15) is 9.59 Å². The van der Waals surface area contributed by atoms with E-state index >= 15 is 0 Å². The number of H-pyrrole nitrogens is 1. The number of rotatable bonds is 4. The molecule has 1 atom stereocenters. The van der Waals surface area contributed by atoms with Gasteiger partial charge in [-0.05, 0) is 51.2 Å². The minimum Gasteiger partial charge on any atom is -0.335 e. The van der Waals surface area contributed by atoms with Crippen molar-refractivity contribution in [2.75, 3.05) is 6.54 Å². The molecular weight excluding hydrogens is 344 g/mol. The van der Waals surface area contributed by atoms with E-state index in [0.717, 1.165) is 37.8 Å². The first-order chi connectivity index (χ1) is 13.1. The van der Waals surface area contributed by atoms with Crippen LogP contribution in [-0.4, -0.2) is 48.0 Å². The zero-order valence-corrected chi connectivity index (χ0v) is 15.3. The number of piperidine rings is 1. The monoisotopic (exact) mass is 366 g/mol. The second-order valence-corrected chi connectivity index (χ2v) is 6.93. The zero-order chi connectivity index (χ0) is 18.8. The van der Waals surface area contributed by atoms with E-state index in [0.29, 0.717) is 12.4 Å². The van der Waals surface area contributed by atoms with Gasteiger partial charge in [-0.15, -0.1) is 0 Å². The molecule has 8 heteroatoms. The number of aromatic amines is 1. The van der Waals surface area contributed by atoms with Crippen LogP contribution in [0.25, 0.3) is 5.78 Å². The van der Waals surface area contributed by atoms with Gasteiger partial charge in [-0.3, -0.25) is 19.7 Å². The van der Waals surface area contributed by atoms with E-state index in [2.05, 4.69) is 20.1 Å². The van der Waals surface area contributed by atoms with Crippen LogP contribution in [0, 0.1) is 6.92 Å². The van der Waals surface area contributed by atoms with Gasteiger partial charge in [-0.25, -0.2) is 4.98 Å². The molecule has 27 heavy (non-hydrogen) atoms. The van der Waals surface area contributed by atoms with E-state index < -0.39 is 5.56 Å². The average molecular weight is 366 g/mol. The highest BCUT2D eigenvalue weighted by molar-refractivity contribution is 5.94. The number of aryl methyl sites for hydroxylation is 2. The minimum atomic E-state index is -0.403. The topological polar surface area (TPSA) is 96.2 Å². The van der Waals surface area contributed by atoms with Crippen LogP contribution < -0.4 is 5.56 Å². The molecule has 1 fully saturated rings. The Labute approximate surface area is 156 Å². The van der Waals surface area contributed by atoms with Gasteiger partial charge in [0, 0.05) is 30.7 Å². The fourth-order valence-electron chi connectivity index (χ4n) is 3.69. The van der Waals surface area contributed by atoms with E-state index in [1.807, 2.05) is 23.1 Å². The molecule has 0 spiro atoms. The molecule has 140 valence electrons. The molecule has 0 aliphatic carbocycles. The van der Waals surface area contributed by atoms with Crippen LogP contribution in [0.15, 0.2) is 35.4 Å². The number of pyridine rings is 1. The van der Waals surface area contributed by atoms with Crippen LogP contribution in [0.2, 0.25) is 0 Å². The third-order valence-electron chi connectivity index (χ3n) is 5.06. The third kappa shape index (κ3) is 3.47. The Morgan fingerprint density at radius 1 is 1.30 bits per heavy atom. The van der Waals surface area contributed by atoms with Crippen LogP contribution in [0.1, 0.15) is 47.6 Å². The lowest BCUT2D eigenvalue weighted by atomic mass is 9.96. The first-order valence-corrected chi connectivity index (χ1v) is 9.29. The van der Waals surface area contributed by atoms with Crippen molar-refractivity contribution < 1.29 is 4.79 Å². The standard InChI is InChI=1S/C19H22N6O2/c1-13-22-19-21-12-16(18(27)25(19)23-13)17(26)24-11-5-3-7-15(24)9-8-14-6-2-4-10-20-14/h2,4,6,10,12,15H,3,5,7-9,11H2,1H3,(H,21,22,23). The van der Waals surface area contributed by atoms with Gasteiger partial charge in [0.25, 0.3) is 17.2 Å². The van der Waals surface area contributed by atoms with Gasteiger partial charge in [0.05, 0.1) is 0 Å². The van der Waals surface area contributed by atoms with Gasteiger partial charge < -0.3 is 4.90 Å². The molecule has 1 unspecified atom stereocenters. The largest absolute Gasteiger partial charge is 0.335 e. The highest BCUT2D eigenvalue weighted by atomic mass is 16.2. The molecule has 4 rings (SSSR count). The summed E-state index contributed by atoms with van der Waals surface area (Å²) in [5, 5.41) is 2.83. The summed E-state index contributed by atoms with van der Waals surface area (Å²) in [5.74, 6) is 0.606. The SMILES string of the molecule is Cc1nc2ncc(C(=O)N3CCCCC3CCc3ccccn3)c(=O)n2[nH]1. The molecule has 4 heterocycles. The third-order valence-corrected chi connectivity index (χ3v) is 5.06. The lowest BCUT2D eigenvalue weighted by Crippen LogP contribution is -2.46. The number of carbonyl (C=O) groups excluding carboxylic acids is 1. The predicted molar refractivity (Wildman–Crippen MR) is 99.6 cm³/mol. The van der Waals surface area contributed by atoms with Crippen LogP contribution in [-0.2, 0) is 6.42 Å². The molecule has 1 amide bonds. The van der Waals surface area contributed by atoms with Gasteiger partial charge in [0.15, 0.2) is 0 Å². The number of aromatic nitrogens is 5. The quantitative estimate of drug-likeness (QED) is 0.759. The minimum absolute atomic E-state index is 0.0842. The average Bonchev–Trinajstić information content (AvgIpc) is 3.09. The molecule has 1 aliphatic heterocycles. The van der Waals surface area contributed by atoms with E-state index in [4.69, 9.17) is 0 Å². The summed E-state index contributed by atoms with van der Waals surface area (Å²) in [6, 6.07) is 5.98. The Balaban J connectivity index is 1.57. The maximum absolute atomic E-state index is 13.1. The Kier molecular flexibility index (Phi) is 4.70. The Morgan fingerprint density at radius 3 is 3.00 bits per heavy atom. The predicted octanol–water partition coefficient (Wildman–Crippen LogP) is 1.75. The maximum atomic E-state index is 13.1. The number of fused-ring (bicyclic) bond motifs is 1. The van der Waals surface area contributed by atoms with Crippen molar-refractivity contribution in [2.24, 2.45) is 0 Å². The van der Waals surface area contributed by atoms with Gasteiger partial charge in [0.1, 0.15) is 11.4 Å². The molecular formula is C19H22N6O2. The van der Waals surface area contributed by atoms with Crippen LogP contribution in [0.5, 0.6) is 0 Å². The summed E-state index contributed by atoms with van der Waals surface area (Å²) in [6.45, 7) is 2.41. The van der Waals surface area contributed by atoms with Crippen molar-refractivity contribution in [3.05, 3.63) is 58.0 Å². The molecule has 0 radical (unpaired) electrons. The molecule has 3 aromatic rings. The van der Waals surface area contributed by atoms with Crippen molar-refractivity contribution in [3.63, 3.8) is 0 Å². The van der Waals surface area contributed by atoms with Crippen LogP contribution >= 0.6 is 0 Å². The molecule has 0 saturated carbocycles. The Hall–Kier alpha value is -3.03. The molecule has 3 aromatic heterocycles. The summed E-state index contributed by atoms with van der Waals surface area (Å²) in [6.07, 6.45) is 7.77. The fraction of sp³-hybridized carbons (Fsp3) is 0.421. The van der Waals surface area contributed by atoms with Gasteiger partial charge in [-0.1, -0.05) is 6.07 Å². The normalized spacial score (nSPS) is 17.4. The summed E-state index contributed by atoms with van der Waals surface area (Å²) in [5.41, 5.74) is 0.701. The maximum Gasteiger partial charge on any atom is 0.286 e. The number of nitrogens with one attached hydrogen (secondary N) is 1. The first-order valence-electron chi connectivity index (χ1n) is 9.29. The van der Waals surface area contributed by atoms with E-state index in [1.54, 1.807) is 13.1 Å². The van der Waals surface area contributed by atoms with Crippen LogP contribution in [0.4, 0.5) is 0 Å². The van der Waals surface area contributed by atoms with Crippen molar-refractivity contribution >= 4 is 11.7 Å². The smallest absolute Gasteiger partial charge is 0.286 e. The molecule has 0 bridgehead atoms. The molecule has 1 N–H and O–H groups in total. The van der Waals surface area contributed by atoms with Gasteiger partial charge in [-0.2, -0.15) is 9.50 Å².